The Labute approximate surface area is 147 Å². The van der Waals surface area contributed by atoms with E-state index in [9.17, 15) is 9.59 Å². The highest BCUT2D eigenvalue weighted by atomic mass is 16.2. The molecule has 0 radical (unpaired) electrons. The lowest BCUT2D eigenvalue weighted by atomic mass is 10.2. The van der Waals surface area contributed by atoms with Gasteiger partial charge in [-0.2, -0.15) is 0 Å². The third-order valence-corrected chi connectivity index (χ3v) is 4.40. The summed E-state index contributed by atoms with van der Waals surface area (Å²) < 4.78 is 2.01. The van der Waals surface area contributed by atoms with Gasteiger partial charge in [-0.3, -0.25) is 9.59 Å². The molecule has 0 bridgehead atoms. The van der Waals surface area contributed by atoms with E-state index in [-0.39, 0.29) is 17.9 Å². The van der Waals surface area contributed by atoms with Gasteiger partial charge in [0.05, 0.1) is 6.04 Å². The van der Waals surface area contributed by atoms with Gasteiger partial charge in [0.15, 0.2) is 0 Å². The fraction of sp³-hybridized carbons (Fsp3) is 0.421. The fourth-order valence-electron chi connectivity index (χ4n) is 3.19. The van der Waals surface area contributed by atoms with Crippen LogP contribution in [0.2, 0.25) is 0 Å². The van der Waals surface area contributed by atoms with Crippen LogP contribution in [0.5, 0.6) is 0 Å². The molecule has 1 saturated heterocycles. The summed E-state index contributed by atoms with van der Waals surface area (Å²) in [4.78, 5) is 30.5. The van der Waals surface area contributed by atoms with Gasteiger partial charge in [0.25, 0.3) is 0 Å². The van der Waals surface area contributed by atoms with Crippen LogP contribution in [0, 0.1) is 0 Å². The number of nitrogens with one attached hydrogen (secondary N) is 1. The molecule has 0 spiro atoms. The molecular weight excluding hydrogens is 316 g/mol. The lowest BCUT2D eigenvalue weighted by Gasteiger charge is -2.17. The van der Waals surface area contributed by atoms with Crippen molar-refractivity contribution in [1.29, 1.82) is 0 Å². The van der Waals surface area contributed by atoms with Crippen molar-refractivity contribution in [2.75, 3.05) is 11.4 Å². The van der Waals surface area contributed by atoms with Gasteiger partial charge in [-0.25, -0.2) is 4.98 Å². The predicted molar refractivity (Wildman–Crippen MR) is 96.3 cm³/mol. The van der Waals surface area contributed by atoms with E-state index in [1.54, 1.807) is 11.1 Å². The van der Waals surface area contributed by atoms with Crippen LogP contribution in [0.4, 0.5) is 5.69 Å². The van der Waals surface area contributed by atoms with Crippen molar-refractivity contribution in [1.82, 2.24) is 14.9 Å². The average molecular weight is 340 g/mol. The molecule has 1 aromatic carbocycles. The van der Waals surface area contributed by atoms with Gasteiger partial charge < -0.3 is 14.8 Å². The van der Waals surface area contributed by atoms with Crippen molar-refractivity contribution in [3.05, 3.63) is 48.5 Å². The highest BCUT2D eigenvalue weighted by Gasteiger charge is 2.31. The van der Waals surface area contributed by atoms with Crippen LogP contribution >= 0.6 is 0 Å². The molecule has 1 aromatic heterocycles. The first-order chi connectivity index (χ1) is 12.0. The van der Waals surface area contributed by atoms with Crippen molar-refractivity contribution >= 4 is 17.5 Å². The van der Waals surface area contributed by atoms with Crippen LogP contribution in [0.15, 0.2) is 42.7 Å². The van der Waals surface area contributed by atoms with Crippen molar-refractivity contribution < 1.29 is 9.59 Å². The van der Waals surface area contributed by atoms with Crippen LogP contribution in [0.25, 0.3) is 0 Å². The number of carbonyl (C=O) groups excluding carboxylic acids is 2. The Hall–Kier alpha value is -2.63. The quantitative estimate of drug-likeness (QED) is 0.877. The summed E-state index contributed by atoms with van der Waals surface area (Å²) in [6, 6.07) is 9.43. The van der Waals surface area contributed by atoms with E-state index >= 15 is 0 Å². The van der Waals surface area contributed by atoms with Gasteiger partial charge in [0.2, 0.25) is 11.8 Å². The van der Waals surface area contributed by atoms with Gasteiger partial charge in [-0.05, 0) is 12.1 Å². The van der Waals surface area contributed by atoms with Crippen LogP contribution in [0.3, 0.4) is 0 Å². The molecule has 25 heavy (non-hydrogen) atoms. The van der Waals surface area contributed by atoms with E-state index < -0.39 is 0 Å². The molecule has 0 aliphatic carbocycles. The molecule has 0 saturated carbocycles. The summed E-state index contributed by atoms with van der Waals surface area (Å²) in [5.41, 5.74) is 0.879. The minimum Gasteiger partial charge on any atom is -0.351 e. The highest BCUT2D eigenvalue weighted by Crippen LogP contribution is 2.21. The molecule has 1 aliphatic heterocycles. The first-order valence-corrected chi connectivity index (χ1v) is 8.70. The Balaban J connectivity index is 1.52. The third-order valence-electron chi connectivity index (χ3n) is 4.40. The summed E-state index contributed by atoms with van der Waals surface area (Å²) in [6.45, 7) is 5.29. The van der Waals surface area contributed by atoms with E-state index in [2.05, 4.69) is 24.1 Å². The molecule has 2 aromatic rings. The van der Waals surface area contributed by atoms with Gasteiger partial charge in [0.1, 0.15) is 5.82 Å². The van der Waals surface area contributed by atoms with Gasteiger partial charge >= 0.3 is 0 Å². The molecular formula is C19H24N4O2. The Morgan fingerprint density at radius 2 is 2.08 bits per heavy atom. The second-order valence-electron chi connectivity index (χ2n) is 6.69. The van der Waals surface area contributed by atoms with Crippen molar-refractivity contribution in [2.24, 2.45) is 0 Å². The van der Waals surface area contributed by atoms with Crippen LogP contribution < -0.4 is 10.2 Å². The molecule has 1 aliphatic rings. The Morgan fingerprint density at radius 1 is 1.32 bits per heavy atom. The maximum atomic E-state index is 12.3. The predicted octanol–water partition coefficient (Wildman–Crippen LogP) is 2.32. The van der Waals surface area contributed by atoms with E-state index in [4.69, 9.17) is 0 Å². The molecule has 6 heteroatoms. The minimum absolute atomic E-state index is 0.0314. The second-order valence-corrected chi connectivity index (χ2v) is 6.69. The Bertz CT molecular complexity index is 739. The van der Waals surface area contributed by atoms with Crippen LogP contribution in [-0.2, 0) is 16.1 Å². The van der Waals surface area contributed by atoms with Crippen molar-refractivity contribution in [3.8, 4) is 0 Å². The normalized spacial score (nSPS) is 17.3. The van der Waals surface area contributed by atoms with Crippen LogP contribution in [0.1, 0.15) is 38.4 Å². The number of anilines is 1. The zero-order valence-electron chi connectivity index (χ0n) is 14.7. The number of para-hydroxylation sites is 1. The number of rotatable bonds is 6. The molecule has 1 fully saturated rings. The van der Waals surface area contributed by atoms with E-state index in [0.717, 1.165) is 11.5 Å². The summed E-state index contributed by atoms with van der Waals surface area (Å²) >= 11 is 0. The van der Waals surface area contributed by atoms with Gasteiger partial charge in [-0.15, -0.1) is 0 Å². The molecule has 3 rings (SSSR count). The number of aryl methyl sites for hydroxylation is 1. The van der Waals surface area contributed by atoms with Crippen molar-refractivity contribution in [2.45, 2.75) is 45.2 Å². The smallest absolute Gasteiger partial charge is 0.229 e. The largest absolute Gasteiger partial charge is 0.351 e. The molecule has 1 atom stereocenters. The lowest BCUT2D eigenvalue weighted by Crippen LogP contribution is -2.37. The second kappa shape index (κ2) is 7.51. The minimum atomic E-state index is -0.132. The molecule has 1 unspecified atom stereocenters. The summed E-state index contributed by atoms with van der Waals surface area (Å²) in [7, 11) is 0. The maximum absolute atomic E-state index is 12.3. The number of benzene rings is 1. The Morgan fingerprint density at radius 3 is 2.80 bits per heavy atom. The van der Waals surface area contributed by atoms with E-state index in [1.807, 2.05) is 41.1 Å². The number of imidazole rings is 1. The Kier molecular flexibility index (Phi) is 5.16. The molecule has 2 amide bonds. The number of nitrogens with zero attached hydrogens (tertiary/aromatic N) is 3. The summed E-state index contributed by atoms with van der Waals surface area (Å²) in [6.07, 6.45) is 4.40. The summed E-state index contributed by atoms with van der Waals surface area (Å²) in [5, 5.41) is 2.98. The standard InChI is InChI=1S/C19H24N4O2/c1-14(2)19-20-9-11-22(19)10-8-17(24)21-15-12-18(25)23(13-15)16-6-4-3-5-7-16/h3-7,9,11,14-15H,8,10,12-13H2,1-2H3,(H,21,24). The molecule has 2 heterocycles. The van der Waals surface area contributed by atoms with Gasteiger partial charge in [0, 0.05) is 49.9 Å². The number of aromatic nitrogens is 2. The van der Waals surface area contributed by atoms with Gasteiger partial charge in [-0.1, -0.05) is 32.0 Å². The zero-order valence-corrected chi connectivity index (χ0v) is 14.7. The third kappa shape index (κ3) is 4.07. The van der Waals surface area contributed by atoms with Crippen LogP contribution in [-0.4, -0.2) is 34.0 Å². The van der Waals surface area contributed by atoms with Crippen molar-refractivity contribution in [3.63, 3.8) is 0 Å². The topological polar surface area (TPSA) is 67.2 Å². The fourth-order valence-corrected chi connectivity index (χ4v) is 3.19. The maximum Gasteiger partial charge on any atom is 0.229 e. The number of amides is 2. The first-order valence-electron chi connectivity index (χ1n) is 8.70. The molecule has 1 N–H and O–H groups in total. The zero-order chi connectivity index (χ0) is 17.8. The van der Waals surface area contributed by atoms with E-state index in [0.29, 0.717) is 31.8 Å². The monoisotopic (exact) mass is 340 g/mol. The number of hydrogen-bond donors (Lipinski definition) is 1. The highest BCUT2D eigenvalue weighted by molar-refractivity contribution is 5.96. The summed E-state index contributed by atoms with van der Waals surface area (Å²) in [5.74, 6) is 1.33. The molecule has 132 valence electrons. The van der Waals surface area contributed by atoms with E-state index in [1.165, 1.54) is 0 Å². The first kappa shape index (κ1) is 17.2. The lowest BCUT2D eigenvalue weighted by molar-refractivity contribution is -0.122. The average Bonchev–Trinajstić information content (AvgIpc) is 3.20. The number of hydrogen-bond acceptors (Lipinski definition) is 3. The number of carbonyl (C=O) groups is 2. The SMILES string of the molecule is CC(C)c1nccn1CCC(=O)NC1CC(=O)N(c2ccccc2)C1. The molecule has 6 nitrogen and oxygen atoms in total.